The highest BCUT2D eigenvalue weighted by Gasteiger charge is 2.37. The Hall–Kier alpha value is -1.18. The van der Waals surface area contributed by atoms with Gasteiger partial charge in [-0.1, -0.05) is 6.07 Å². The molecule has 3 heterocycles. The zero-order chi connectivity index (χ0) is 14.0. The summed E-state index contributed by atoms with van der Waals surface area (Å²) in [7, 11) is -3.30. The second-order valence-corrected chi connectivity index (χ2v) is 7.10. The average molecular weight is 297 g/mol. The average Bonchev–Trinajstić information content (AvgIpc) is 3.11. The highest BCUT2D eigenvalue weighted by molar-refractivity contribution is 7.86. The molecular weight excluding hydrogens is 278 g/mol. The van der Waals surface area contributed by atoms with E-state index in [-0.39, 0.29) is 6.10 Å². The zero-order valence-corrected chi connectivity index (χ0v) is 12.1. The molecule has 1 aromatic heterocycles. The number of hydrogen-bond donors (Lipinski definition) is 0. The molecule has 0 N–H and O–H groups in total. The van der Waals surface area contributed by atoms with Crippen LogP contribution in [0.2, 0.25) is 0 Å². The zero-order valence-electron chi connectivity index (χ0n) is 11.3. The van der Waals surface area contributed by atoms with Crippen molar-refractivity contribution in [3.05, 3.63) is 24.4 Å². The van der Waals surface area contributed by atoms with Crippen molar-refractivity contribution in [1.29, 1.82) is 0 Å². The molecule has 0 amide bonds. The van der Waals surface area contributed by atoms with Crippen LogP contribution in [0.5, 0.6) is 5.88 Å². The molecule has 3 rings (SSSR count). The van der Waals surface area contributed by atoms with Crippen LogP contribution in [-0.4, -0.2) is 54.3 Å². The normalized spacial score (nSPS) is 25.1. The van der Waals surface area contributed by atoms with E-state index < -0.39 is 10.2 Å². The molecule has 0 saturated carbocycles. The number of pyridine rings is 1. The molecule has 7 heteroatoms. The highest BCUT2D eigenvalue weighted by Crippen LogP contribution is 2.23. The van der Waals surface area contributed by atoms with Crippen molar-refractivity contribution >= 4 is 10.2 Å². The van der Waals surface area contributed by atoms with Gasteiger partial charge in [0.2, 0.25) is 5.88 Å². The third-order valence-electron chi connectivity index (χ3n) is 3.75. The van der Waals surface area contributed by atoms with E-state index in [1.54, 1.807) is 16.6 Å². The molecule has 20 heavy (non-hydrogen) atoms. The molecule has 0 unspecified atom stereocenters. The standard InChI is InChI=1S/C13H19N3O3S/c17-20(18,15-8-3-4-9-15)16-10-6-12(11-16)19-13-5-1-2-7-14-13/h1-2,5,7,12H,3-4,6,8-11H2/t12-/m0/s1. The summed E-state index contributed by atoms with van der Waals surface area (Å²) in [5.41, 5.74) is 0. The Balaban J connectivity index is 1.62. The molecule has 0 radical (unpaired) electrons. The van der Waals surface area contributed by atoms with E-state index in [9.17, 15) is 8.42 Å². The Morgan fingerprint density at radius 3 is 2.65 bits per heavy atom. The van der Waals surface area contributed by atoms with Gasteiger partial charge in [0.05, 0.1) is 6.54 Å². The molecular formula is C13H19N3O3S. The molecule has 0 bridgehead atoms. The largest absolute Gasteiger partial charge is 0.473 e. The lowest BCUT2D eigenvalue weighted by atomic mass is 10.3. The van der Waals surface area contributed by atoms with Gasteiger partial charge in [0.15, 0.2) is 0 Å². The van der Waals surface area contributed by atoms with Crippen molar-refractivity contribution in [2.75, 3.05) is 26.2 Å². The fourth-order valence-corrected chi connectivity index (χ4v) is 4.41. The molecule has 6 nitrogen and oxygen atoms in total. The Kier molecular flexibility index (Phi) is 3.91. The Morgan fingerprint density at radius 2 is 1.95 bits per heavy atom. The van der Waals surface area contributed by atoms with Gasteiger partial charge in [-0.05, 0) is 25.3 Å². The molecule has 110 valence electrons. The van der Waals surface area contributed by atoms with Crippen molar-refractivity contribution in [3.63, 3.8) is 0 Å². The third-order valence-corrected chi connectivity index (χ3v) is 5.75. The van der Waals surface area contributed by atoms with Crippen molar-refractivity contribution in [3.8, 4) is 5.88 Å². The molecule has 1 atom stereocenters. The molecule has 1 aromatic rings. The summed E-state index contributed by atoms with van der Waals surface area (Å²) < 4.78 is 33.7. The summed E-state index contributed by atoms with van der Waals surface area (Å²) in [6.07, 6.45) is 4.19. The van der Waals surface area contributed by atoms with Gasteiger partial charge in [-0.2, -0.15) is 17.0 Å². The van der Waals surface area contributed by atoms with Crippen molar-refractivity contribution in [2.45, 2.75) is 25.4 Å². The van der Waals surface area contributed by atoms with Crippen LogP contribution in [-0.2, 0) is 10.2 Å². The van der Waals surface area contributed by atoms with Crippen LogP contribution in [0.25, 0.3) is 0 Å². The van der Waals surface area contributed by atoms with E-state index in [0.717, 1.165) is 12.8 Å². The monoisotopic (exact) mass is 297 g/mol. The van der Waals surface area contributed by atoms with E-state index in [2.05, 4.69) is 4.98 Å². The van der Waals surface area contributed by atoms with Gasteiger partial charge in [0, 0.05) is 31.9 Å². The minimum absolute atomic E-state index is 0.109. The van der Waals surface area contributed by atoms with Crippen LogP contribution >= 0.6 is 0 Å². The van der Waals surface area contributed by atoms with Crippen LogP contribution in [0.15, 0.2) is 24.4 Å². The van der Waals surface area contributed by atoms with Crippen molar-refractivity contribution in [2.24, 2.45) is 0 Å². The number of ether oxygens (including phenoxy) is 1. The minimum Gasteiger partial charge on any atom is -0.473 e. The predicted molar refractivity (Wildman–Crippen MR) is 74.6 cm³/mol. The van der Waals surface area contributed by atoms with E-state index in [1.807, 2.05) is 12.1 Å². The third kappa shape index (κ3) is 2.79. The molecule has 0 aliphatic carbocycles. The fraction of sp³-hybridized carbons (Fsp3) is 0.615. The Morgan fingerprint density at radius 1 is 1.15 bits per heavy atom. The first-order valence-electron chi connectivity index (χ1n) is 6.99. The maximum Gasteiger partial charge on any atom is 0.282 e. The van der Waals surface area contributed by atoms with E-state index in [1.165, 1.54) is 4.31 Å². The lowest BCUT2D eigenvalue weighted by molar-refractivity contribution is 0.206. The first-order chi connectivity index (χ1) is 9.66. The molecule has 2 saturated heterocycles. The van der Waals surface area contributed by atoms with Gasteiger partial charge in [-0.25, -0.2) is 4.98 Å². The predicted octanol–water partition coefficient (Wildman–Crippen LogP) is 0.875. The van der Waals surface area contributed by atoms with Gasteiger partial charge in [-0.15, -0.1) is 0 Å². The fourth-order valence-electron chi connectivity index (χ4n) is 2.67. The van der Waals surface area contributed by atoms with E-state index in [4.69, 9.17) is 4.74 Å². The Bertz CT molecular complexity index is 543. The summed E-state index contributed by atoms with van der Waals surface area (Å²) >= 11 is 0. The molecule has 2 fully saturated rings. The topological polar surface area (TPSA) is 62.7 Å². The lowest BCUT2D eigenvalue weighted by Gasteiger charge is -2.23. The second-order valence-electron chi connectivity index (χ2n) is 5.17. The van der Waals surface area contributed by atoms with E-state index >= 15 is 0 Å². The number of aromatic nitrogens is 1. The van der Waals surface area contributed by atoms with Gasteiger partial charge < -0.3 is 4.74 Å². The Labute approximate surface area is 119 Å². The number of rotatable bonds is 4. The minimum atomic E-state index is -3.30. The van der Waals surface area contributed by atoms with Gasteiger partial charge in [0.25, 0.3) is 10.2 Å². The molecule has 0 aromatic carbocycles. The summed E-state index contributed by atoms with van der Waals surface area (Å²) in [5, 5.41) is 0. The van der Waals surface area contributed by atoms with Gasteiger partial charge in [0.1, 0.15) is 6.10 Å². The summed E-state index contributed by atoms with van der Waals surface area (Å²) in [4.78, 5) is 4.11. The first-order valence-corrected chi connectivity index (χ1v) is 8.39. The lowest BCUT2D eigenvalue weighted by Crippen LogP contribution is -2.41. The summed E-state index contributed by atoms with van der Waals surface area (Å²) in [6, 6.07) is 5.47. The molecule has 2 aliphatic rings. The van der Waals surface area contributed by atoms with Crippen LogP contribution in [0.3, 0.4) is 0 Å². The van der Waals surface area contributed by atoms with Crippen LogP contribution in [0.4, 0.5) is 0 Å². The number of nitrogens with zero attached hydrogens (tertiary/aromatic N) is 3. The second kappa shape index (κ2) is 5.67. The maximum absolute atomic E-state index is 12.4. The summed E-state index contributed by atoms with van der Waals surface area (Å²) in [5.74, 6) is 0.554. The van der Waals surface area contributed by atoms with Crippen molar-refractivity contribution < 1.29 is 13.2 Å². The van der Waals surface area contributed by atoms with Crippen LogP contribution < -0.4 is 4.74 Å². The molecule has 2 aliphatic heterocycles. The first kappa shape index (κ1) is 13.8. The van der Waals surface area contributed by atoms with Crippen LogP contribution in [0.1, 0.15) is 19.3 Å². The van der Waals surface area contributed by atoms with Gasteiger partial charge >= 0.3 is 0 Å². The SMILES string of the molecule is O=S(=O)(N1CCCC1)N1CC[C@H](Oc2ccccn2)C1. The quantitative estimate of drug-likeness (QED) is 0.827. The number of hydrogen-bond acceptors (Lipinski definition) is 4. The maximum atomic E-state index is 12.4. The highest BCUT2D eigenvalue weighted by atomic mass is 32.2. The van der Waals surface area contributed by atoms with Gasteiger partial charge in [-0.3, -0.25) is 0 Å². The van der Waals surface area contributed by atoms with Crippen LogP contribution in [0, 0.1) is 0 Å². The van der Waals surface area contributed by atoms with Crippen molar-refractivity contribution in [1.82, 2.24) is 13.6 Å². The molecule has 0 spiro atoms. The summed E-state index contributed by atoms with van der Waals surface area (Å²) in [6.45, 7) is 2.22. The van der Waals surface area contributed by atoms with E-state index in [0.29, 0.717) is 38.5 Å². The smallest absolute Gasteiger partial charge is 0.282 e.